The van der Waals surface area contributed by atoms with E-state index >= 15 is 0 Å². The first kappa shape index (κ1) is 14.6. The third kappa shape index (κ3) is 3.02. The van der Waals surface area contributed by atoms with Crippen LogP contribution >= 0.6 is 22.9 Å². The van der Waals surface area contributed by atoms with E-state index in [1.807, 2.05) is 19.2 Å². The molecule has 0 fully saturated rings. The highest BCUT2D eigenvalue weighted by atomic mass is 35.5. The van der Waals surface area contributed by atoms with Gasteiger partial charge in [0, 0.05) is 16.8 Å². The van der Waals surface area contributed by atoms with E-state index in [0.29, 0.717) is 16.4 Å². The number of primary amides is 1. The normalized spacial score (nSPS) is 12.2. The maximum absolute atomic E-state index is 11.5. The molecule has 0 bridgehead atoms. The van der Waals surface area contributed by atoms with Crippen LogP contribution in [-0.4, -0.2) is 10.9 Å². The summed E-state index contributed by atoms with van der Waals surface area (Å²) in [5.74, 6) is -0.579. The van der Waals surface area contributed by atoms with Crippen molar-refractivity contribution in [1.29, 1.82) is 0 Å². The van der Waals surface area contributed by atoms with Crippen LogP contribution in [-0.2, 0) is 0 Å². The molecule has 0 spiro atoms. The van der Waals surface area contributed by atoms with Crippen molar-refractivity contribution in [3.8, 4) is 0 Å². The highest BCUT2D eigenvalue weighted by Crippen LogP contribution is 2.32. The molecule has 0 aliphatic heterocycles. The van der Waals surface area contributed by atoms with Crippen molar-refractivity contribution in [1.82, 2.24) is 4.98 Å². The molecule has 5 nitrogen and oxygen atoms in total. The molecule has 1 heterocycles. The third-order valence-electron chi connectivity index (χ3n) is 2.75. The summed E-state index contributed by atoms with van der Waals surface area (Å²) in [4.78, 5) is 15.9. The molecule has 106 valence electrons. The van der Waals surface area contributed by atoms with Gasteiger partial charge in [-0.15, -0.1) is 11.3 Å². The molecule has 1 unspecified atom stereocenters. The lowest BCUT2D eigenvalue weighted by atomic mass is 10.1. The number of anilines is 2. The lowest BCUT2D eigenvalue weighted by Gasteiger charge is -2.17. The molecule has 0 aliphatic carbocycles. The van der Waals surface area contributed by atoms with E-state index in [4.69, 9.17) is 23.1 Å². The monoisotopic (exact) mass is 310 g/mol. The molecular formula is C13H15ClN4OS. The Balaban J connectivity index is 2.35. The number of thiazole rings is 1. The minimum absolute atomic E-state index is 0.0899. The van der Waals surface area contributed by atoms with Gasteiger partial charge < -0.3 is 16.8 Å². The SMILES string of the molecule is Cc1csc(C(C)Nc2c(Cl)cc(N)cc2C(N)=O)n1. The second-order valence-electron chi connectivity index (χ2n) is 4.48. The van der Waals surface area contributed by atoms with Crippen LogP contribution in [0.15, 0.2) is 17.5 Å². The highest BCUT2D eigenvalue weighted by Gasteiger charge is 2.17. The first-order chi connectivity index (χ1) is 9.38. The molecule has 2 rings (SSSR count). The Kier molecular flexibility index (Phi) is 4.15. The average molecular weight is 311 g/mol. The molecule has 20 heavy (non-hydrogen) atoms. The average Bonchev–Trinajstić information content (AvgIpc) is 2.78. The molecular weight excluding hydrogens is 296 g/mol. The first-order valence-electron chi connectivity index (χ1n) is 5.96. The van der Waals surface area contributed by atoms with Gasteiger partial charge in [0.1, 0.15) is 5.01 Å². The third-order valence-corrected chi connectivity index (χ3v) is 4.19. The van der Waals surface area contributed by atoms with Crippen LogP contribution < -0.4 is 16.8 Å². The smallest absolute Gasteiger partial charge is 0.250 e. The summed E-state index contributed by atoms with van der Waals surface area (Å²) >= 11 is 7.69. The van der Waals surface area contributed by atoms with Crippen molar-refractivity contribution in [3.05, 3.63) is 38.8 Å². The maximum Gasteiger partial charge on any atom is 0.250 e. The van der Waals surface area contributed by atoms with Gasteiger partial charge in [0.15, 0.2) is 0 Å². The number of carbonyl (C=O) groups excluding carboxylic acids is 1. The number of carbonyl (C=O) groups is 1. The number of amides is 1. The fourth-order valence-corrected chi connectivity index (χ4v) is 2.90. The molecule has 1 atom stereocenters. The van der Waals surface area contributed by atoms with Crippen molar-refractivity contribution in [2.45, 2.75) is 19.9 Å². The largest absolute Gasteiger partial charge is 0.399 e. The second kappa shape index (κ2) is 5.68. The number of nitrogens with zero attached hydrogens (tertiary/aromatic N) is 1. The molecule has 7 heteroatoms. The highest BCUT2D eigenvalue weighted by molar-refractivity contribution is 7.09. The van der Waals surface area contributed by atoms with Gasteiger partial charge in [0.25, 0.3) is 5.91 Å². The minimum Gasteiger partial charge on any atom is -0.399 e. The van der Waals surface area contributed by atoms with Gasteiger partial charge in [0.2, 0.25) is 0 Å². The fourth-order valence-electron chi connectivity index (χ4n) is 1.82. The number of rotatable bonds is 4. The van der Waals surface area contributed by atoms with Crippen molar-refractivity contribution in [2.75, 3.05) is 11.1 Å². The Labute approximate surface area is 126 Å². The number of aromatic nitrogens is 1. The molecule has 1 aromatic heterocycles. The molecule has 0 saturated heterocycles. The van der Waals surface area contributed by atoms with E-state index in [0.717, 1.165) is 10.7 Å². The summed E-state index contributed by atoms with van der Waals surface area (Å²) in [7, 11) is 0. The molecule has 2 aromatic rings. The van der Waals surface area contributed by atoms with Crippen molar-refractivity contribution < 1.29 is 4.79 Å². The maximum atomic E-state index is 11.5. The Hall–Kier alpha value is -1.79. The predicted molar refractivity (Wildman–Crippen MR) is 83.3 cm³/mol. The molecule has 5 N–H and O–H groups in total. The number of hydrogen-bond donors (Lipinski definition) is 3. The number of benzene rings is 1. The van der Waals surface area contributed by atoms with Gasteiger partial charge in [-0.1, -0.05) is 11.6 Å². The molecule has 0 saturated carbocycles. The van der Waals surface area contributed by atoms with E-state index in [2.05, 4.69) is 10.3 Å². The Morgan fingerprint density at radius 3 is 2.75 bits per heavy atom. The van der Waals surface area contributed by atoms with E-state index in [1.54, 1.807) is 17.4 Å². The second-order valence-corrected chi connectivity index (χ2v) is 5.78. The van der Waals surface area contributed by atoms with Gasteiger partial charge >= 0.3 is 0 Å². The minimum atomic E-state index is -0.579. The van der Waals surface area contributed by atoms with Gasteiger partial charge in [-0.3, -0.25) is 4.79 Å². The summed E-state index contributed by atoms with van der Waals surface area (Å²) < 4.78 is 0. The summed E-state index contributed by atoms with van der Waals surface area (Å²) in [5, 5.41) is 6.41. The molecule has 0 aliphatic rings. The van der Waals surface area contributed by atoms with Gasteiger partial charge in [-0.25, -0.2) is 4.98 Å². The van der Waals surface area contributed by atoms with Crippen molar-refractivity contribution in [2.24, 2.45) is 5.73 Å². The molecule has 1 amide bonds. The van der Waals surface area contributed by atoms with E-state index in [-0.39, 0.29) is 11.6 Å². The van der Waals surface area contributed by atoms with Crippen LogP contribution in [0.2, 0.25) is 5.02 Å². The van der Waals surface area contributed by atoms with E-state index in [9.17, 15) is 4.79 Å². The number of aryl methyl sites for hydroxylation is 1. The topological polar surface area (TPSA) is 94.0 Å². The number of halogens is 1. The lowest BCUT2D eigenvalue weighted by molar-refractivity contribution is 0.100. The van der Waals surface area contributed by atoms with Crippen LogP contribution in [0.1, 0.15) is 34.0 Å². The summed E-state index contributed by atoms with van der Waals surface area (Å²) in [6.45, 7) is 3.87. The van der Waals surface area contributed by atoms with Crippen LogP contribution in [0.5, 0.6) is 0 Å². The quantitative estimate of drug-likeness (QED) is 0.757. The zero-order chi connectivity index (χ0) is 14.9. The van der Waals surface area contributed by atoms with E-state index < -0.39 is 5.91 Å². The zero-order valence-corrected chi connectivity index (χ0v) is 12.7. The van der Waals surface area contributed by atoms with Gasteiger partial charge in [-0.05, 0) is 26.0 Å². The Morgan fingerprint density at radius 2 is 2.20 bits per heavy atom. The summed E-state index contributed by atoms with van der Waals surface area (Å²) in [6.07, 6.45) is 0. The Morgan fingerprint density at radius 1 is 1.50 bits per heavy atom. The molecule has 0 radical (unpaired) electrons. The van der Waals surface area contributed by atoms with Crippen LogP contribution in [0.3, 0.4) is 0 Å². The van der Waals surface area contributed by atoms with Crippen molar-refractivity contribution >= 4 is 40.2 Å². The number of nitrogens with two attached hydrogens (primary N) is 2. The summed E-state index contributed by atoms with van der Waals surface area (Å²) in [5.41, 5.74) is 13.2. The van der Waals surface area contributed by atoms with Crippen LogP contribution in [0.4, 0.5) is 11.4 Å². The summed E-state index contributed by atoms with van der Waals surface area (Å²) in [6, 6.07) is 3.00. The number of nitrogens with one attached hydrogen (secondary N) is 1. The van der Waals surface area contributed by atoms with Gasteiger partial charge in [0.05, 0.1) is 22.3 Å². The number of hydrogen-bond acceptors (Lipinski definition) is 5. The van der Waals surface area contributed by atoms with Crippen LogP contribution in [0, 0.1) is 6.92 Å². The van der Waals surface area contributed by atoms with Gasteiger partial charge in [-0.2, -0.15) is 0 Å². The standard InChI is InChI=1S/C13H15ClN4OS/c1-6-5-20-13(17-6)7(2)18-11-9(12(16)19)3-8(15)4-10(11)14/h3-5,7,18H,15H2,1-2H3,(H2,16,19). The lowest BCUT2D eigenvalue weighted by Crippen LogP contribution is -2.17. The molecule has 1 aromatic carbocycles. The first-order valence-corrected chi connectivity index (χ1v) is 7.21. The predicted octanol–water partition coefficient (Wildman–Crippen LogP) is 2.96. The van der Waals surface area contributed by atoms with Crippen LogP contribution in [0.25, 0.3) is 0 Å². The van der Waals surface area contributed by atoms with Crippen molar-refractivity contribution in [3.63, 3.8) is 0 Å². The zero-order valence-electron chi connectivity index (χ0n) is 11.1. The van der Waals surface area contributed by atoms with E-state index in [1.165, 1.54) is 6.07 Å². The number of nitrogen functional groups attached to an aromatic ring is 1. The Bertz CT molecular complexity index is 656. The fraction of sp³-hybridized carbons (Fsp3) is 0.231.